The van der Waals surface area contributed by atoms with E-state index >= 15 is 0 Å². The molecule has 0 radical (unpaired) electrons. The number of aromatic amines is 1. The number of aromatic nitrogens is 2. The van der Waals surface area contributed by atoms with Gasteiger partial charge in [-0.1, -0.05) is 30.3 Å². The van der Waals surface area contributed by atoms with Crippen molar-refractivity contribution in [2.45, 2.75) is 19.3 Å². The Morgan fingerprint density at radius 2 is 1.95 bits per heavy atom. The van der Waals surface area contributed by atoms with Crippen LogP contribution in [0.2, 0.25) is 0 Å². The summed E-state index contributed by atoms with van der Waals surface area (Å²) in [5.74, 6) is -0.997. The number of anilines is 1. The van der Waals surface area contributed by atoms with Crippen LogP contribution in [0.4, 0.5) is 5.82 Å². The van der Waals surface area contributed by atoms with Gasteiger partial charge in [-0.3, -0.25) is 9.89 Å². The smallest absolute Gasteiger partial charge is 0.225 e. The maximum atomic E-state index is 11.6. The molecule has 1 amide bonds. The molecule has 2 rings (SSSR count). The Bertz CT molecular complexity index is 593. The zero-order chi connectivity index (χ0) is 14.4. The summed E-state index contributed by atoms with van der Waals surface area (Å²) in [6, 6.07) is 11.3. The molecular formula is C14H14N3O3-. The monoisotopic (exact) mass is 272 g/mol. The molecule has 6 heteroatoms. The quantitative estimate of drug-likeness (QED) is 0.817. The van der Waals surface area contributed by atoms with Crippen LogP contribution in [0.5, 0.6) is 0 Å². The molecule has 0 saturated heterocycles. The average Bonchev–Trinajstić information content (AvgIpc) is 2.88. The number of aliphatic carboxylic acids is 1. The van der Waals surface area contributed by atoms with E-state index in [1.807, 2.05) is 30.3 Å². The maximum Gasteiger partial charge on any atom is 0.225 e. The molecule has 1 heterocycles. The SMILES string of the molecule is O=C([O-])CCCC(=O)Nc1cc(-c2ccccc2)[nH]n1. The zero-order valence-corrected chi connectivity index (χ0v) is 10.8. The van der Waals surface area contributed by atoms with Crippen molar-refractivity contribution >= 4 is 17.7 Å². The molecule has 0 aliphatic rings. The average molecular weight is 272 g/mol. The summed E-state index contributed by atoms with van der Waals surface area (Å²) >= 11 is 0. The van der Waals surface area contributed by atoms with E-state index in [0.29, 0.717) is 5.82 Å². The minimum absolute atomic E-state index is 0.122. The largest absolute Gasteiger partial charge is 0.550 e. The highest BCUT2D eigenvalue weighted by Crippen LogP contribution is 2.19. The standard InChI is InChI=1S/C14H15N3O3/c18-13(7-4-8-14(19)20)15-12-9-11(16-17-12)10-5-2-1-3-6-10/h1-3,5-6,9H,4,7-8H2,(H,19,20)(H2,15,16,17,18)/p-1. The predicted octanol–water partition coefficient (Wildman–Crippen LogP) is 0.935. The number of rotatable bonds is 6. The second kappa shape index (κ2) is 6.51. The first kappa shape index (κ1) is 13.8. The van der Waals surface area contributed by atoms with Crippen molar-refractivity contribution in [2.75, 3.05) is 5.32 Å². The molecule has 2 N–H and O–H groups in total. The molecule has 0 spiro atoms. The summed E-state index contributed by atoms with van der Waals surface area (Å²) in [6.07, 6.45) is 0.259. The van der Waals surface area contributed by atoms with Crippen LogP contribution in [-0.4, -0.2) is 22.1 Å². The summed E-state index contributed by atoms with van der Waals surface area (Å²) in [5, 5.41) is 19.7. The number of amides is 1. The van der Waals surface area contributed by atoms with E-state index in [2.05, 4.69) is 15.5 Å². The number of nitrogens with zero attached hydrogens (tertiary/aromatic N) is 1. The Hall–Kier alpha value is -2.63. The predicted molar refractivity (Wildman–Crippen MR) is 71.5 cm³/mol. The molecule has 20 heavy (non-hydrogen) atoms. The van der Waals surface area contributed by atoms with Crippen molar-refractivity contribution in [1.82, 2.24) is 10.2 Å². The highest BCUT2D eigenvalue weighted by atomic mass is 16.4. The van der Waals surface area contributed by atoms with Gasteiger partial charge in [0.25, 0.3) is 0 Å². The van der Waals surface area contributed by atoms with Gasteiger partial charge in [0.2, 0.25) is 5.91 Å². The van der Waals surface area contributed by atoms with Crippen LogP contribution in [0, 0.1) is 0 Å². The van der Waals surface area contributed by atoms with Crippen molar-refractivity contribution in [3.63, 3.8) is 0 Å². The van der Waals surface area contributed by atoms with Gasteiger partial charge in [-0.05, 0) is 18.4 Å². The third kappa shape index (κ3) is 3.94. The van der Waals surface area contributed by atoms with Crippen molar-refractivity contribution in [2.24, 2.45) is 0 Å². The number of carboxylic acid groups (broad SMARTS) is 1. The van der Waals surface area contributed by atoms with Crippen molar-refractivity contribution in [3.8, 4) is 11.3 Å². The van der Waals surface area contributed by atoms with Crippen LogP contribution in [0.1, 0.15) is 19.3 Å². The number of H-pyrrole nitrogens is 1. The lowest BCUT2D eigenvalue weighted by molar-refractivity contribution is -0.305. The van der Waals surface area contributed by atoms with Gasteiger partial charge in [0.1, 0.15) is 0 Å². The van der Waals surface area contributed by atoms with Crippen molar-refractivity contribution < 1.29 is 14.7 Å². The van der Waals surface area contributed by atoms with E-state index in [4.69, 9.17) is 0 Å². The zero-order valence-electron chi connectivity index (χ0n) is 10.8. The fourth-order valence-electron chi connectivity index (χ4n) is 1.75. The van der Waals surface area contributed by atoms with Gasteiger partial charge in [0.05, 0.1) is 5.69 Å². The van der Waals surface area contributed by atoms with Crippen LogP contribution in [0.15, 0.2) is 36.4 Å². The number of carbonyl (C=O) groups is 2. The van der Waals surface area contributed by atoms with Gasteiger partial charge in [-0.15, -0.1) is 0 Å². The van der Waals surface area contributed by atoms with E-state index in [9.17, 15) is 14.7 Å². The van der Waals surface area contributed by atoms with E-state index < -0.39 is 5.97 Å². The minimum atomic E-state index is -1.15. The number of carbonyl (C=O) groups excluding carboxylic acids is 2. The topological polar surface area (TPSA) is 97.9 Å². The first-order valence-electron chi connectivity index (χ1n) is 6.25. The molecular weight excluding hydrogens is 258 g/mol. The van der Waals surface area contributed by atoms with Crippen molar-refractivity contribution in [1.29, 1.82) is 0 Å². The van der Waals surface area contributed by atoms with Gasteiger partial charge in [0.15, 0.2) is 5.82 Å². The van der Waals surface area contributed by atoms with Gasteiger partial charge in [0, 0.05) is 18.5 Å². The second-order valence-corrected chi connectivity index (χ2v) is 4.31. The van der Waals surface area contributed by atoms with Crippen molar-refractivity contribution in [3.05, 3.63) is 36.4 Å². The molecule has 0 aliphatic heterocycles. The fourth-order valence-corrected chi connectivity index (χ4v) is 1.75. The number of nitrogens with one attached hydrogen (secondary N) is 2. The third-order valence-corrected chi connectivity index (χ3v) is 2.71. The normalized spacial score (nSPS) is 10.2. The molecule has 104 valence electrons. The van der Waals surface area contributed by atoms with Gasteiger partial charge >= 0.3 is 0 Å². The summed E-state index contributed by atoms with van der Waals surface area (Å²) < 4.78 is 0. The van der Waals surface area contributed by atoms with Gasteiger partial charge < -0.3 is 15.2 Å². The molecule has 0 aliphatic carbocycles. The highest BCUT2D eigenvalue weighted by molar-refractivity contribution is 5.90. The second-order valence-electron chi connectivity index (χ2n) is 4.31. The third-order valence-electron chi connectivity index (χ3n) is 2.71. The van der Waals surface area contributed by atoms with E-state index in [1.54, 1.807) is 6.07 Å². The molecule has 1 aromatic carbocycles. The lowest BCUT2D eigenvalue weighted by atomic mass is 10.1. The molecule has 0 atom stereocenters. The Balaban J connectivity index is 1.90. The minimum Gasteiger partial charge on any atom is -0.550 e. The molecule has 1 aromatic heterocycles. The fraction of sp³-hybridized carbons (Fsp3) is 0.214. The van der Waals surface area contributed by atoms with Crippen LogP contribution in [-0.2, 0) is 9.59 Å². The summed E-state index contributed by atoms with van der Waals surface area (Å²) in [6.45, 7) is 0. The van der Waals surface area contributed by atoms with Crippen LogP contribution >= 0.6 is 0 Å². The Morgan fingerprint density at radius 1 is 1.20 bits per heavy atom. The molecule has 0 saturated carbocycles. The Kier molecular flexibility index (Phi) is 4.49. The van der Waals surface area contributed by atoms with E-state index in [1.165, 1.54) is 0 Å². The van der Waals surface area contributed by atoms with Crippen LogP contribution < -0.4 is 10.4 Å². The first-order chi connectivity index (χ1) is 9.65. The van der Waals surface area contributed by atoms with Gasteiger partial charge in [-0.25, -0.2) is 0 Å². The number of benzene rings is 1. The molecule has 0 fully saturated rings. The summed E-state index contributed by atoms with van der Waals surface area (Å²) in [4.78, 5) is 21.8. The number of carboxylic acids is 1. The molecule has 0 bridgehead atoms. The van der Waals surface area contributed by atoms with Gasteiger partial charge in [-0.2, -0.15) is 5.10 Å². The molecule has 2 aromatic rings. The number of hydrogen-bond acceptors (Lipinski definition) is 4. The lowest BCUT2D eigenvalue weighted by Gasteiger charge is -2.02. The maximum absolute atomic E-state index is 11.6. The number of hydrogen-bond donors (Lipinski definition) is 2. The molecule has 0 unspecified atom stereocenters. The lowest BCUT2D eigenvalue weighted by Crippen LogP contribution is -2.22. The van der Waals surface area contributed by atoms with E-state index in [-0.39, 0.29) is 25.2 Å². The highest BCUT2D eigenvalue weighted by Gasteiger charge is 2.07. The Labute approximate surface area is 115 Å². The summed E-state index contributed by atoms with van der Waals surface area (Å²) in [7, 11) is 0. The first-order valence-corrected chi connectivity index (χ1v) is 6.25. The molecule has 6 nitrogen and oxygen atoms in total. The van der Waals surface area contributed by atoms with E-state index in [0.717, 1.165) is 11.3 Å². The van der Waals surface area contributed by atoms with Crippen LogP contribution in [0.3, 0.4) is 0 Å². The summed E-state index contributed by atoms with van der Waals surface area (Å²) in [5.41, 5.74) is 1.77. The van der Waals surface area contributed by atoms with Crippen LogP contribution in [0.25, 0.3) is 11.3 Å². The Morgan fingerprint density at radius 3 is 2.65 bits per heavy atom.